The fourth-order valence-electron chi connectivity index (χ4n) is 2.48. The molecule has 3 heteroatoms. The number of carbonyl (C=O) groups excluding carboxylic acids is 1. The third kappa shape index (κ3) is 3.48. The molecule has 104 valence electrons. The monoisotopic (exact) mass is 268 g/mol. The van der Waals surface area contributed by atoms with Crippen molar-refractivity contribution in [3.05, 3.63) is 41.5 Å². The van der Waals surface area contributed by atoms with Crippen molar-refractivity contribution in [3.8, 4) is 6.07 Å². The second kappa shape index (κ2) is 6.91. The van der Waals surface area contributed by atoms with Gasteiger partial charge >= 0.3 is 0 Å². The van der Waals surface area contributed by atoms with Gasteiger partial charge in [-0.25, -0.2) is 0 Å². The van der Waals surface area contributed by atoms with Crippen molar-refractivity contribution in [3.63, 3.8) is 0 Å². The van der Waals surface area contributed by atoms with Crippen molar-refractivity contribution in [2.24, 2.45) is 5.92 Å². The number of hydrogen-bond acceptors (Lipinski definition) is 2. The molecule has 0 spiro atoms. The second-order valence-electron chi connectivity index (χ2n) is 5.13. The minimum absolute atomic E-state index is 0.113. The summed E-state index contributed by atoms with van der Waals surface area (Å²) in [5.74, 6) is 0.231. The third-order valence-electron chi connectivity index (χ3n) is 3.76. The van der Waals surface area contributed by atoms with Crippen molar-refractivity contribution < 1.29 is 4.79 Å². The Bertz CT molecular complexity index is 520. The maximum absolute atomic E-state index is 12.5. The van der Waals surface area contributed by atoms with E-state index in [4.69, 9.17) is 5.26 Å². The lowest BCUT2D eigenvalue weighted by atomic mass is 9.97. The van der Waals surface area contributed by atoms with Crippen LogP contribution in [-0.4, -0.2) is 23.9 Å². The van der Waals surface area contributed by atoms with Gasteiger partial charge in [-0.2, -0.15) is 5.26 Å². The van der Waals surface area contributed by atoms with Gasteiger partial charge in [0, 0.05) is 24.6 Å². The zero-order valence-electron chi connectivity index (χ0n) is 11.9. The van der Waals surface area contributed by atoms with E-state index in [0.717, 1.165) is 30.4 Å². The van der Waals surface area contributed by atoms with Gasteiger partial charge in [-0.15, -0.1) is 0 Å². The van der Waals surface area contributed by atoms with E-state index in [9.17, 15) is 4.79 Å². The largest absolute Gasteiger partial charge is 0.339 e. The van der Waals surface area contributed by atoms with E-state index in [1.807, 2.05) is 48.2 Å². The Morgan fingerprint density at radius 1 is 1.35 bits per heavy atom. The number of benzene rings is 1. The summed E-state index contributed by atoms with van der Waals surface area (Å²) in [6.07, 6.45) is 4.29. The van der Waals surface area contributed by atoms with Crippen molar-refractivity contribution in [2.75, 3.05) is 13.1 Å². The van der Waals surface area contributed by atoms with E-state index in [1.165, 1.54) is 0 Å². The molecule has 1 aromatic carbocycles. The molecule has 0 aromatic heterocycles. The number of amides is 1. The van der Waals surface area contributed by atoms with Crippen molar-refractivity contribution in [1.82, 2.24) is 4.90 Å². The highest BCUT2D eigenvalue weighted by Gasteiger charge is 2.23. The predicted octanol–water partition coefficient (Wildman–Crippen LogP) is 3.24. The topological polar surface area (TPSA) is 44.1 Å². The number of likely N-dealkylation sites (tertiary alicyclic amines) is 1. The molecule has 1 fully saturated rings. The number of nitrogens with zero attached hydrogens (tertiary/aromatic N) is 2. The van der Waals surface area contributed by atoms with Crippen molar-refractivity contribution >= 4 is 12.0 Å². The zero-order chi connectivity index (χ0) is 14.4. The fourth-order valence-corrected chi connectivity index (χ4v) is 2.48. The molecule has 0 saturated carbocycles. The molecule has 0 radical (unpaired) electrons. The minimum atomic E-state index is 0.113. The van der Waals surface area contributed by atoms with Crippen LogP contribution in [0.15, 0.2) is 35.9 Å². The van der Waals surface area contributed by atoms with Gasteiger partial charge in [0.25, 0.3) is 0 Å². The standard InChI is InChI=1S/C17H20N2O/c1-2-16(12-14-6-4-3-5-7-14)17(20)19-10-8-15(13-18)9-11-19/h3-7,12,15H,2,8-11H2,1H3/b16-12+. The van der Waals surface area contributed by atoms with Crippen LogP contribution in [0, 0.1) is 17.2 Å². The average Bonchev–Trinajstić information content (AvgIpc) is 2.53. The number of carbonyl (C=O) groups is 1. The van der Waals surface area contributed by atoms with E-state index in [2.05, 4.69) is 6.07 Å². The lowest BCUT2D eigenvalue weighted by Gasteiger charge is -2.29. The molecule has 20 heavy (non-hydrogen) atoms. The van der Waals surface area contributed by atoms with Crippen LogP contribution in [-0.2, 0) is 4.79 Å². The molecular formula is C17H20N2O. The Balaban J connectivity index is 2.07. The highest BCUT2D eigenvalue weighted by molar-refractivity contribution is 5.97. The van der Waals surface area contributed by atoms with Crippen LogP contribution in [0.3, 0.4) is 0 Å². The molecule has 1 aliphatic rings. The molecule has 2 rings (SSSR count). The number of rotatable bonds is 3. The first-order valence-corrected chi connectivity index (χ1v) is 7.19. The summed E-state index contributed by atoms with van der Waals surface area (Å²) in [5.41, 5.74) is 1.90. The predicted molar refractivity (Wildman–Crippen MR) is 79.6 cm³/mol. The summed E-state index contributed by atoms with van der Waals surface area (Å²) >= 11 is 0. The Morgan fingerprint density at radius 3 is 2.55 bits per heavy atom. The maximum Gasteiger partial charge on any atom is 0.249 e. The van der Waals surface area contributed by atoms with E-state index in [-0.39, 0.29) is 11.8 Å². The molecule has 0 N–H and O–H groups in total. The molecule has 1 aromatic rings. The second-order valence-corrected chi connectivity index (χ2v) is 5.13. The van der Waals surface area contributed by atoms with Gasteiger partial charge in [-0.3, -0.25) is 4.79 Å². The van der Waals surface area contributed by atoms with Gasteiger partial charge in [0.05, 0.1) is 6.07 Å². The minimum Gasteiger partial charge on any atom is -0.339 e. The molecule has 0 bridgehead atoms. The summed E-state index contributed by atoms with van der Waals surface area (Å²) in [6, 6.07) is 12.2. The van der Waals surface area contributed by atoms with Crippen LogP contribution < -0.4 is 0 Å². The summed E-state index contributed by atoms with van der Waals surface area (Å²) in [7, 11) is 0. The highest BCUT2D eigenvalue weighted by Crippen LogP contribution is 2.20. The van der Waals surface area contributed by atoms with Crippen LogP contribution >= 0.6 is 0 Å². The zero-order valence-corrected chi connectivity index (χ0v) is 11.9. The molecule has 1 heterocycles. The van der Waals surface area contributed by atoms with Crippen molar-refractivity contribution in [1.29, 1.82) is 5.26 Å². The molecule has 1 aliphatic heterocycles. The van der Waals surface area contributed by atoms with Gasteiger partial charge < -0.3 is 4.90 Å². The van der Waals surface area contributed by atoms with Gasteiger partial charge in [0.2, 0.25) is 5.91 Å². The van der Waals surface area contributed by atoms with Gasteiger partial charge in [-0.05, 0) is 30.9 Å². The van der Waals surface area contributed by atoms with Gasteiger partial charge in [0.1, 0.15) is 0 Å². The maximum atomic E-state index is 12.5. The molecule has 1 saturated heterocycles. The number of hydrogen-bond donors (Lipinski definition) is 0. The van der Waals surface area contributed by atoms with Crippen molar-refractivity contribution in [2.45, 2.75) is 26.2 Å². The number of piperidine rings is 1. The first kappa shape index (κ1) is 14.3. The van der Waals surface area contributed by atoms with E-state index in [1.54, 1.807) is 0 Å². The van der Waals surface area contributed by atoms with Crippen LogP contribution in [0.2, 0.25) is 0 Å². The van der Waals surface area contributed by atoms with E-state index in [0.29, 0.717) is 13.1 Å². The van der Waals surface area contributed by atoms with Crippen LogP contribution in [0.25, 0.3) is 6.08 Å². The van der Waals surface area contributed by atoms with Crippen LogP contribution in [0.4, 0.5) is 0 Å². The Labute approximate surface area is 120 Å². The average molecular weight is 268 g/mol. The van der Waals surface area contributed by atoms with Crippen LogP contribution in [0.1, 0.15) is 31.7 Å². The SMILES string of the molecule is CC/C(=C\c1ccccc1)C(=O)N1CCC(C#N)CC1. The summed E-state index contributed by atoms with van der Waals surface area (Å²) < 4.78 is 0. The van der Waals surface area contributed by atoms with E-state index >= 15 is 0 Å². The third-order valence-corrected chi connectivity index (χ3v) is 3.76. The number of nitriles is 1. The molecular weight excluding hydrogens is 248 g/mol. The van der Waals surface area contributed by atoms with Gasteiger partial charge in [-0.1, -0.05) is 37.3 Å². The Hall–Kier alpha value is -2.08. The summed E-state index contributed by atoms with van der Waals surface area (Å²) in [6.45, 7) is 3.40. The lowest BCUT2D eigenvalue weighted by molar-refractivity contribution is -0.128. The van der Waals surface area contributed by atoms with Crippen LogP contribution in [0.5, 0.6) is 0 Å². The summed E-state index contributed by atoms with van der Waals surface area (Å²) in [5, 5.41) is 8.90. The first-order chi connectivity index (χ1) is 9.74. The summed E-state index contributed by atoms with van der Waals surface area (Å²) in [4.78, 5) is 14.4. The molecule has 1 amide bonds. The lowest BCUT2D eigenvalue weighted by Crippen LogP contribution is -2.38. The normalized spacial score (nSPS) is 16.8. The molecule has 3 nitrogen and oxygen atoms in total. The molecule has 0 unspecified atom stereocenters. The van der Waals surface area contributed by atoms with E-state index < -0.39 is 0 Å². The highest BCUT2D eigenvalue weighted by atomic mass is 16.2. The Morgan fingerprint density at radius 2 is 2.00 bits per heavy atom. The quantitative estimate of drug-likeness (QED) is 0.790. The first-order valence-electron chi connectivity index (χ1n) is 7.19. The van der Waals surface area contributed by atoms with Gasteiger partial charge in [0.15, 0.2) is 0 Å². The fraction of sp³-hybridized carbons (Fsp3) is 0.412. The Kier molecular flexibility index (Phi) is 4.95. The molecule has 0 atom stereocenters. The smallest absolute Gasteiger partial charge is 0.249 e. The molecule has 0 aliphatic carbocycles.